The molecule has 0 atom stereocenters. The van der Waals surface area contributed by atoms with Crippen molar-refractivity contribution in [2.45, 2.75) is 6.18 Å². The molecule has 6 heteroatoms. The second kappa shape index (κ2) is 4.52. The molecule has 1 heterocycles. The van der Waals surface area contributed by atoms with Crippen LogP contribution in [-0.2, 0) is 6.18 Å². The number of hydrogen-bond donors (Lipinski definition) is 0. The number of nitrogens with zero attached hydrogens (tertiary/aromatic N) is 1. The quantitative estimate of drug-likeness (QED) is 0.660. The van der Waals surface area contributed by atoms with Crippen LogP contribution in [0.15, 0.2) is 47.5 Å². The second-order valence-electron chi connectivity index (χ2n) is 4.18. The molecule has 102 valence electrons. The molecule has 0 spiro atoms. The molecular formula is C14H7ClF3NO. The predicted molar refractivity (Wildman–Crippen MR) is 70.0 cm³/mol. The van der Waals surface area contributed by atoms with Crippen molar-refractivity contribution in [3.8, 4) is 11.5 Å². The number of hydrogen-bond acceptors (Lipinski definition) is 2. The fourth-order valence-corrected chi connectivity index (χ4v) is 2.13. The SMILES string of the molecule is FC(F)(F)c1ccc2c(c1)N=C(Cl)c1ccccc1O2. The largest absolute Gasteiger partial charge is 0.454 e. The van der Waals surface area contributed by atoms with E-state index < -0.39 is 11.7 Å². The second-order valence-corrected chi connectivity index (χ2v) is 4.54. The van der Waals surface area contributed by atoms with Crippen LogP contribution in [0.4, 0.5) is 18.9 Å². The number of alkyl halides is 3. The van der Waals surface area contributed by atoms with Crippen molar-refractivity contribution in [1.82, 2.24) is 0 Å². The van der Waals surface area contributed by atoms with Gasteiger partial charge in [0.1, 0.15) is 16.6 Å². The van der Waals surface area contributed by atoms with Crippen LogP contribution < -0.4 is 4.74 Å². The van der Waals surface area contributed by atoms with E-state index in [0.29, 0.717) is 11.3 Å². The van der Waals surface area contributed by atoms with Gasteiger partial charge in [0, 0.05) is 0 Å². The van der Waals surface area contributed by atoms with E-state index in [9.17, 15) is 13.2 Å². The zero-order chi connectivity index (χ0) is 14.3. The fraction of sp³-hybridized carbons (Fsp3) is 0.0714. The minimum Gasteiger partial charge on any atom is -0.454 e. The highest BCUT2D eigenvalue weighted by Gasteiger charge is 2.31. The van der Waals surface area contributed by atoms with Crippen molar-refractivity contribution in [2.24, 2.45) is 4.99 Å². The number of fused-ring (bicyclic) bond motifs is 2. The lowest BCUT2D eigenvalue weighted by molar-refractivity contribution is -0.137. The van der Waals surface area contributed by atoms with Crippen molar-refractivity contribution < 1.29 is 17.9 Å². The maximum Gasteiger partial charge on any atom is 0.416 e. The summed E-state index contributed by atoms with van der Waals surface area (Å²) in [6, 6.07) is 9.99. The Morgan fingerprint density at radius 2 is 1.75 bits per heavy atom. The van der Waals surface area contributed by atoms with Crippen molar-refractivity contribution in [1.29, 1.82) is 0 Å². The molecular weight excluding hydrogens is 291 g/mol. The molecule has 1 aliphatic heterocycles. The van der Waals surface area contributed by atoms with Crippen molar-refractivity contribution in [2.75, 3.05) is 0 Å². The molecule has 0 saturated carbocycles. The zero-order valence-electron chi connectivity index (χ0n) is 9.91. The van der Waals surface area contributed by atoms with Crippen molar-refractivity contribution in [3.05, 3.63) is 53.6 Å². The summed E-state index contributed by atoms with van der Waals surface area (Å²) in [6.07, 6.45) is -4.43. The van der Waals surface area contributed by atoms with Gasteiger partial charge in [-0.15, -0.1) is 0 Å². The van der Waals surface area contributed by atoms with Gasteiger partial charge in [0.2, 0.25) is 0 Å². The van der Waals surface area contributed by atoms with Crippen molar-refractivity contribution >= 4 is 22.5 Å². The Labute approximate surface area is 117 Å². The number of ether oxygens (including phenoxy) is 1. The summed E-state index contributed by atoms with van der Waals surface area (Å²) in [5, 5.41) is 0.0960. The molecule has 1 aliphatic rings. The first-order chi connectivity index (χ1) is 9.45. The lowest BCUT2D eigenvalue weighted by atomic mass is 10.2. The van der Waals surface area contributed by atoms with Crippen LogP contribution in [0.3, 0.4) is 0 Å². The van der Waals surface area contributed by atoms with Gasteiger partial charge in [0.05, 0.1) is 11.1 Å². The van der Waals surface area contributed by atoms with E-state index in [1.54, 1.807) is 24.3 Å². The summed E-state index contributed by atoms with van der Waals surface area (Å²) < 4.78 is 43.7. The third kappa shape index (κ3) is 2.25. The first kappa shape index (κ1) is 13.0. The molecule has 2 aromatic rings. The smallest absolute Gasteiger partial charge is 0.416 e. The van der Waals surface area contributed by atoms with Gasteiger partial charge in [0.25, 0.3) is 0 Å². The molecule has 0 bridgehead atoms. The Bertz CT molecular complexity index is 710. The topological polar surface area (TPSA) is 21.6 Å². The van der Waals surface area contributed by atoms with Gasteiger partial charge < -0.3 is 4.74 Å². The molecule has 0 fully saturated rings. The number of rotatable bonds is 0. The van der Waals surface area contributed by atoms with E-state index in [0.717, 1.165) is 12.1 Å². The maximum absolute atomic E-state index is 12.7. The van der Waals surface area contributed by atoms with Crippen LogP contribution in [0.1, 0.15) is 11.1 Å². The van der Waals surface area contributed by atoms with E-state index in [1.165, 1.54) is 6.07 Å². The maximum atomic E-state index is 12.7. The Hall–Kier alpha value is -2.01. The highest BCUT2D eigenvalue weighted by atomic mass is 35.5. The molecule has 0 N–H and O–H groups in total. The van der Waals surface area contributed by atoms with Crippen LogP contribution in [0.5, 0.6) is 11.5 Å². The summed E-state index contributed by atoms with van der Waals surface area (Å²) in [7, 11) is 0. The molecule has 2 aromatic carbocycles. The summed E-state index contributed by atoms with van der Waals surface area (Å²) in [5.41, 5.74) is -0.195. The van der Waals surface area contributed by atoms with E-state index in [1.807, 2.05) is 0 Å². The van der Waals surface area contributed by atoms with Gasteiger partial charge in [-0.2, -0.15) is 13.2 Å². The van der Waals surface area contributed by atoms with Crippen LogP contribution in [0.25, 0.3) is 0 Å². The standard InChI is InChI=1S/C14H7ClF3NO/c15-13-9-3-1-2-4-11(9)20-12-6-5-8(14(16,17)18)7-10(12)19-13/h1-7H. The van der Waals surface area contributed by atoms with E-state index >= 15 is 0 Å². The number of aliphatic imine (C=N–C) groups is 1. The van der Waals surface area contributed by atoms with Gasteiger partial charge in [-0.1, -0.05) is 23.7 Å². The predicted octanol–water partition coefficient (Wildman–Crippen LogP) is 5.13. The third-order valence-corrected chi connectivity index (χ3v) is 3.12. The molecule has 0 saturated heterocycles. The van der Waals surface area contributed by atoms with Gasteiger partial charge in [-0.3, -0.25) is 0 Å². The van der Waals surface area contributed by atoms with Crippen LogP contribution >= 0.6 is 11.6 Å². The molecule has 0 radical (unpaired) electrons. The Morgan fingerprint density at radius 1 is 1.00 bits per heavy atom. The molecule has 20 heavy (non-hydrogen) atoms. The summed E-state index contributed by atoms with van der Waals surface area (Å²) in [6.45, 7) is 0. The van der Waals surface area contributed by atoms with Gasteiger partial charge in [-0.05, 0) is 30.3 Å². The third-order valence-electron chi connectivity index (χ3n) is 2.83. The van der Waals surface area contributed by atoms with Crippen LogP contribution in [0.2, 0.25) is 0 Å². The van der Waals surface area contributed by atoms with E-state index in [2.05, 4.69) is 4.99 Å². The Morgan fingerprint density at radius 3 is 2.50 bits per heavy atom. The summed E-state index contributed by atoms with van der Waals surface area (Å²) in [5.74, 6) is 0.695. The van der Waals surface area contributed by atoms with Crippen LogP contribution in [0, 0.1) is 0 Å². The average Bonchev–Trinajstić information content (AvgIpc) is 2.53. The van der Waals surface area contributed by atoms with Crippen LogP contribution in [-0.4, -0.2) is 5.17 Å². The first-order valence-electron chi connectivity index (χ1n) is 5.68. The van der Waals surface area contributed by atoms with E-state index in [-0.39, 0.29) is 16.6 Å². The molecule has 3 rings (SSSR count). The first-order valence-corrected chi connectivity index (χ1v) is 6.05. The van der Waals surface area contributed by atoms with Crippen molar-refractivity contribution in [3.63, 3.8) is 0 Å². The van der Waals surface area contributed by atoms with Gasteiger partial charge in [0.15, 0.2) is 5.75 Å². The lowest BCUT2D eigenvalue weighted by Crippen LogP contribution is -2.04. The highest BCUT2D eigenvalue weighted by molar-refractivity contribution is 6.70. The molecule has 0 aliphatic carbocycles. The average molecular weight is 298 g/mol. The summed E-state index contributed by atoms with van der Waals surface area (Å²) >= 11 is 6.03. The minimum absolute atomic E-state index is 0.0565. The number of benzene rings is 2. The minimum atomic E-state index is -4.43. The lowest BCUT2D eigenvalue weighted by Gasteiger charge is -2.10. The molecule has 2 nitrogen and oxygen atoms in total. The van der Waals surface area contributed by atoms with Gasteiger partial charge in [-0.25, -0.2) is 4.99 Å². The molecule has 0 amide bonds. The summed E-state index contributed by atoms with van der Waals surface area (Å²) in [4.78, 5) is 4.01. The zero-order valence-corrected chi connectivity index (χ0v) is 10.7. The Kier molecular flexibility index (Phi) is 2.94. The van der Waals surface area contributed by atoms with Gasteiger partial charge >= 0.3 is 6.18 Å². The molecule has 0 aromatic heterocycles. The normalized spacial score (nSPS) is 13.7. The monoisotopic (exact) mass is 297 g/mol. The number of halogens is 4. The van der Waals surface area contributed by atoms with E-state index in [4.69, 9.17) is 16.3 Å². The fourth-order valence-electron chi connectivity index (χ4n) is 1.88. The Balaban J connectivity index is 2.16. The molecule has 0 unspecified atom stereocenters. The number of para-hydroxylation sites is 1. The highest BCUT2D eigenvalue weighted by Crippen LogP contribution is 2.41.